The van der Waals surface area contributed by atoms with E-state index in [0.717, 1.165) is 23.2 Å². The summed E-state index contributed by atoms with van der Waals surface area (Å²) in [5, 5.41) is 12.9. The number of aliphatic hydroxyl groups excluding tert-OH is 1. The first-order valence-electron chi connectivity index (χ1n) is 6.59. The molecule has 20 heavy (non-hydrogen) atoms. The van der Waals surface area contributed by atoms with Gasteiger partial charge in [0.25, 0.3) is 0 Å². The quantitative estimate of drug-likeness (QED) is 0.909. The van der Waals surface area contributed by atoms with Crippen LogP contribution < -0.4 is 4.90 Å². The topological polar surface area (TPSA) is 66.6 Å². The van der Waals surface area contributed by atoms with Gasteiger partial charge in [-0.1, -0.05) is 11.2 Å². The molecular formula is C15H16N2O3. The Morgan fingerprint density at radius 2 is 2.30 bits per heavy atom. The molecule has 1 atom stereocenters. The Bertz CT molecular complexity index is 663. The lowest BCUT2D eigenvalue weighted by Crippen LogP contribution is -2.33. The number of carbonyl (C=O) groups excluding carboxylic acids is 1. The van der Waals surface area contributed by atoms with Crippen LogP contribution in [0.25, 0.3) is 11.3 Å². The zero-order valence-electron chi connectivity index (χ0n) is 11.5. The van der Waals surface area contributed by atoms with Crippen molar-refractivity contribution in [2.24, 2.45) is 0 Å². The summed E-state index contributed by atoms with van der Waals surface area (Å²) in [7, 11) is 0. The summed E-state index contributed by atoms with van der Waals surface area (Å²) in [5.41, 5.74) is 3.74. The molecule has 1 aromatic carbocycles. The fourth-order valence-electron chi connectivity index (χ4n) is 2.79. The average molecular weight is 272 g/mol. The third kappa shape index (κ3) is 2.00. The van der Waals surface area contributed by atoms with E-state index in [0.29, 0.717) is 11.5 Å². The van der Waals surface area contributed by atoms with Gasteiger partial charge in [0.05, 0.1) is 0 Å². The van der Waals surface area contributed by atoms with Crippen molar-refractivity contribution in [2.75, 3.05) is 4.90 Å². The number of nitrogens with zero attached hydrogens (tertiary/aromatic N) is 2. The predicted octanol–water partition coefficient (Wildman–Crippen LogP) is 2.13. The highest BCUT2D eigenvalue weighted by Gasteiger charge is 2.29. The van der Waals surface area contributed by atoms with Crippen molar-refractivity contribution >= 4 is 11.6 Å². The molecule has 1 aromatic heterocycles. The highest BCUT2D eigenvalue weighted by molar-refractivity contribution is 5.95. The molecule has 1 amide bonds. The Balaban J connectivity index is 1.99. The van der Waals surface area contributed by atoms with Crippen molar-refractivity contribution in [2.45, 2.75) is 32.9 Å². The summed E-state index contributed by atoms with van der Waals surface area (Å²) in [6.45, 7) is 3.47. The molecule has 0 radical (unpaired) electrons. The number of fused-ring (bicyclic) bond motifs is 1. The molecule has 5 heteroatoms. The Morgan fingerprint density at radius 1 is 1.50 bits per heavy atom. The second-order valence-corrected chi connectivity index (χ2v) is 5.12. The third-order valence-electron chi connectivity index (χ3n) is 3.64. The van der Waals surface area contributed by atoms with Gasteiger partial charge in [-0.25, -0.2) is 0 Å². The summed E-state index contributed by atoms with van der Waals surface area (Å²) in [5.74, 6) is 0.507. The smallest absolute Gasteiger partial charge is 0.224 e. The predicted molar refractivity (Wildman–Crippen MR) is 74.2 cm³/mol. The lowest BCUT2D eigenvalue weighted by Gasteiger charge is -2.20. The fraction of sp³-hybridized carbons (Fsp3) is 0.333. The maximum atomic E-state index is 11.7. The molecule has 0 bridgehead atoms. The minimum Gasteiger partial charge on any atom is -0.388 e. The van der Waals surface area contributed by atoms with Crippen molar-refractivity contribution in [3.05, 3.63) is 35.6 Å². The Hall–Kier alpha value is -2.14. The van der Waals surface area contributed by atoms with Crippen LogP contribution in [0.2, 0.25) is 0 Å². The van der Waals surface area contributed by atoms with Crippen molar-refractivity contribution in [3.8, 4) is 11.3 Å². The van der Waals surface area contributed by atoms with E-state index in [1.807, 2.05) is 30.0 Å². The van der Waals surface area contributed by atoms with Gasteiger partial charge in [-0.2, -0.15) is 0 Å². The van der Waals surface area contributed by atoms with E-state index in [1.165, 1.54) is 0 Å². The molecule has 5 nitrogen and oxygen atoms in total. The standard InChI is InChI=1S/C15H16N2O3/c1-9-5-12-6-11(14-7-13(8-18)20-16-14)3-4-15(12)17(9)10(2)19/h3-4,6-7,9,18H,5,8H2,1-2H3. The maximum Gasteiger partial charge on any atom is 0.224 e. The van der Waals surface area contributed by atoms with E-state index in [4.69, 9.17) is 9.63 Å². The summed E-state index contributed by atoms with van der Waals surface area (Å²) in [4.78, 5) is 13.5. The number of amides is 1. The van der Waals surface area contributed by atoms with Gasteiger partial charge in [-0.05, 0) is 31.0 Å². The molecule has 104 valence electrons. The minimum absolute atomic E-state index is 0.0630. The number of benzene rings is 1. The first-order chi connectivity index (χ1) is 9.60. The van der Waals surface area contributed by atoms with Gasteiger partial charge in [-0.15, -0.1) is 0 Å². The second kappa shape index (κ2) is 4.76. The lowest BCUT2D eigenvalue weighted by molar-refractivity contribution is -0.116. The highest BCUT2D eigenvalue weighted by atomic mass is 16.5. The van der Waals surface area contributed by atoms with E-state index in [9.17, 15) is 4.79 Å². The van der Waals surface area contributed by atoms with Gasteiger partial charge < -0.3 is 14.5 Å². The van der Waals surface area contributed by atoms with Crippen LogP contribution in [0.3, 0.4) is 0 Å². The van der Waals surface area contributed by atoms with Crippen molar-refractivity contribution in [1.82, 2.24) is 5.16 Å². The van der Waals surface area contributed by atoms with Gasteiger partial charge in [0.1, 0.15) is 12.3 Å². The number of aliphatic hydroxyl groups is 1. The molecule has 0 aliphatic carbocycles. The van der Waals surface area contributed by atoms with Gasteiger partial charge in [0, 0.05) is 30.3 Å². The molecule has 0 saturated heterocycles. The summed E-state index contributed by atoms with van der Waals surface area (Å²) in [6.07, 6.45) is 0.841. The molecule has 1 aliphatic heterocycles. The molecule has 0 spiro atoms. The van der Waals surface area contributed by atoms with Gasteiger partial charge in [0.2, 0.25) is 5.91 Å². The fourth-order valence-corrected chi connectivity index (χ4v) is 2.79. The first kappa shape index (κ1) is 12.9. The van der Waals surface area contributed by atoms with Crippen LogP contribution in [0.5, 0.6) is 0 Å². The molecule has 1 N–H and O–H groups in total. The van der Waals surface area contributed by atoms with E-state index >= 15 is 0 Å². The number of hydrogen-bond donors (Lipinski definition) is 1. The summed E-state index contributed by atoms with van der Waals surface area (Å²) >= 11 is 0. The summed E-state index contributed by atoms with van der Waals surface area (Å²) < 4.78 is 5.00. The summed E-state index contributed by atoms with van der Waals surface area (Å²) in [6, 6.07) is 7.81. The average Bonchev–Trinajstić information content (AvgIpc) is 3.00. The first-order valence-corrected chi connectivity index (χ1v) is 6.59. The largest absolute Gasteiger partial charge is 0.388 e. The molecule has 1 unspecified atom stereocenters. The van der Waals surface area contributed by atoms with Gasteiger partial charge in [0.15, 0.2) is 5.76 Å². The van der Waals surface area contributed by atoms with Crippen LogP contribution in [-0.4, -0.2) is 22.2 Å². The lowest BCUT2D eigenvalue weighted by atomic mass is 10.0. The monoisotopic (exact) mass is 272 g/mol. The number of rotatable bonds is 2. The highest BCUT2D eigenvalue weighted by Crippen LogP contribution is 2.35. The zero-order valence-corrected chi connectivity index (χ0v) is 11.5. The van der Waals surface area contributed by atoms with Crippen LogP contribution in [0.4, 0.5) is 5.69 Å². The molecule has 2 heterocycles. The van der Waals surface area contributed by atoms with E-state index in [1.54, 1.807) is 13.0 Å². The van der Waals surface area contributed by atoms with Crippen LogP contribution in [0.1, 0.15) is 25.2 Å². The van der Waals surface area contributed by atoms with Gasteiger partial charge in [-0.3, -0.25) is 4.79 Å². The molecular weight excluding hydrogens is 256 g/mol. The van der Waals surface area contributed by atoms with E-state index < -0.39 is 0 Å². The Labute approximate surface area is 116 Å². The van der Waals surface area contributed by atoms with Gasteiger partial charge >= 0.3 is 0 Å². The number of carbonyl (C=O) groups is 1. The number of aromatic nitrogens is 1. The van der Waals surface area contributed by atoms with Crippen LogP contribution in [0.15, 0.2) is 28.8 Å². The maximum absolute atomic E-state index is 11.7. The minimum atomic E-state index is -0.160. The molecule has 3 rings (SSSR count). The molecule has 0 saturated carbocycles. The Kier molecular flexibility index (Phi) is 3.06. The number of anilines is 1. The molecule has 0 fully saturated rings. The van der Waals surface area contributed by atoms with Crippen LogP contribution >= 0.6 is 0 Å². The van der Waals surface area contributed by atoms with E-state index in [-0.39, 0.29) is 18.6 Å². The zero-order chi connectivity index (χ0) is 14.3. The molecule has 1 aliphatic rings. The number of hydrogen-bond acceptors (Lipinski definition) is 4. The van der Waals surface area contributed by atoms with Crippen LogP contribution in [-0.2, 0) is 17.8 Å². The third-order valence-corrected chi connectivity index (χ3v) is 3.64. The van der Waals surface area contributed by atoms with Crippen LogP contribution in [0, 0.1) is 0 Å². The normalized spacial score (nSPS) is 17.4. The SMILES string of the molecule is CC(=O)N1c2ccc(-c3cc(CO)on3)cc2CC1C. The van der Waals surface area contributed by atoms with Crippen molar-refractivity contribution < 1.29 is 14.4 Å². The van der Waals surface area contributed by atoms with Crippen molar-refractivity contribution in [3.63, 3.8) is 0 Å². The van der Waals surface area contributed by atoms with E-state index in [2.05, 4.69) is 5.16 Å². The van der Waals surface area contributed by atoms with Crippen molar-refractivity contribution in [1.29, 1.82) is 0 Å². The second-order valence-electron chi connectivity index (χ2n) is 5.12. The molecule has 2 aromatic rings. The Morgan fingerprint density at radius 3 is 2.95 bits per heavy atom.